The molecular formula is C15H16ClNO2S. The fourth-order valence-corrected chi connectivity index (χ4v) is 5.02. The average Bonchev–Trinajstić information content (AvgIpc) is 2.72. The van der Waals surface area contributed by atoms with E-state index in [0.717, 1.165) is 17.7 Å². The maximum absolute atomic E-state index is 12.4. The Morgan fingerprint density at radius 3 is 2.60 bits per heavy atom. The van der Waals surface area contributed by atoms with Crippen LogP contribution in [-0.2, 0) is 9.59 Å². The molecule has 1 N–H and O–H groups in total. The molecule has 106 valence electrons. The Hall–Kier alpha value is -1.00. The molecule has 1 spiro atoms. The zero-order chi connectivity index (χ0) is 14.3. The summed E-state index contributed by atoms with van der Waals surface area (Å²) in [6.07, 6.45) is 1.34. The van der Waals surface area contributed by atoms with Crippen LogP contribution in [0.5, 0.6) is 0 Å². The van der Waals surface area contributed by atoms with Crippen molar-refractivity contribution in [1.82, 2.24) is 5.32 Å². The predicted molar refractivity (Wildman–Crippen MR) is 80.9 cm³/mol. The van der Waals surface area contributed by atoms with Crippen molar-refractivity contribution < 1.29 is 9.59 Å². The lowest BCUT2D eigenvalue weighted by atomic mass is 9.66. The van der Waals surface area contributed by atoms with Gasteiger partial charge in [-0.3, -0.25) is 14.9 Å². The second-order valence-corrected chi connectivity index (χ2v) is 7.63. The van der Waals surface area contributed by atoms with Gasteiger partial charge in [0.2, 0.25) is 11.8 Å². The number of amides is 2. The quantitative estimate of drug-likeness (QED) is 0.811. The topological polar surface area (TPSA) is 46.2 Å². The second kappa shape index (κ2) is 5.08. The fourth-order valence-electron chi connectivity index (χ4n) is 3.44. The number of halogens is 1. The van der Waals surface area contributed by atoms with Gasteiger partial charge in [-0.1, -0.05) is 30.7 Å². The van der Waals surface area contributed by atoms with Crippen molar-refractivity contribution in [3.63, 3.8) is 0 Å². The van der Waals surface area contributed by atoms with E-state index in [2.05, 4.69) is 12.2 Å². The van der Waals surface area contributed by atoms with Crippen molar-refractivity contribution in [3.05, 3.63) is 34.9 Å². The third kappa shape index (κ3) is 2.35. The Balaban J connectivity index is 2.02. The highest BCUT2D eigenvalue weighted by Gasteiger charge is 2.52. The van der Waals surface area contributed by atoms with E-state index in [0.29, 0.717) is 16.7 Å². The lowest BCUT2D eigenvalue weighted by Crippen LogP contribution is -2.51. The highest BCUT2D eigenvalue weighted by Crippen LogP contribution is 2.53. The van der Waals surface area contributed by atoms with Crippen LogP contribution in [0.3, 0.4) is 0 Å². The van der Waals surface area contributed by atoms with Crippen LogP contribution in [0.1, 0.15) is 31.2 Å². The number of rotatable bonds is 1. The van der Waals surface area contributed by atoms with Gasteiger partial charge in [0, 0.05) is 27.9 Å². The maximum Gasteiger partial charge on any atom is 0.234 e. The highest BCUT2D eigenvalue weighted by atomic mass is 35.5. The molecular weight excluding hydrogens is 294 g/mol. The van der Waals surface area contributed by atoms with E-state index in [-0.39, 0.29) is 23.1 Å². The minimum Gasteiger partial charge on any atom is -0.296 e. The summed E-state index contributed by atoms with van der Waals surface area (Å²) in [7, 11) is 0. The zero-order valence-electron chi connectivity index (χ0n) is 11.2. The molecule has 2 saturated heterocycles. The van der Waals surface area contributed by atoms with Crippen molar-refractivity contribution in [1.29, 1.82) is 0 Å². The van der Waals surface area contributed by atoms with Gasteiger partial charge in [0.1, 0.15) is 0 Å². The lowest BCUT2D eigenvalue weighted by Gasteiger charge is -2.39. The summed E-state index contributed by atoms with van der Waals surface area (Å²) in [5.41, 5.74) is 0.714. The molecule has 3 unspecified atom stereocenters. The van der Waals surface area contributed by atoms with E-state index in [1.54, 1.807) is 12.1 Å². The number of nitrogens with one attached hydrogen (secondary N) is 1. The molecule has 3 rings (SSSR count). The maximum atomic E-state index is 12.4. The van der Waals surface area contributed by atoms with E-state index in [1.807, 2.05) is 23.9 Å². The minimum absolute atomic E-state index is 0.144. The third-order valence-corrected chi connectivity index (χ3v) is 5.93. The number of hydrogen-bond donors (Lipinski definition) is 1. The molecule has 2 heterocycles. The SMILES string of the molecule is CC1CC2(CS1)CC(=O)NC(=O)C2c1ccc(Cl)cc1. The smallest absolute Gasteiger partial charge is 0.234 e. The fraction of sp³-hybridized carbons (Fsp3) is 0.467. The van der Waals surface area contributed by atoms with Gasteiger partial charge >= 0.3 is 0 Å². The average molecular weight is 310 g/mol. The molecule has 2 aliphatic heterocycles. The van der Waals surface area contributed by atoms with E-state index in [4.69, 9.17) is 11.6 Å². The number of carbonyl (C=O) groups is 2. The summed E-state index contributed by atoms with van der Waals surface area (Å²) in [6.45, 7) is 2.16. The van der Waals surface area contributed by atoms with Crippen LogP contribution in [0.2, 0.25) is 5.02 Å². The Kier molecular flexibility index (Phi) is 3.55. The molecule has 1 aromatic carbocycles. The third-order valence-electron chi connectivity index (χ3n) is 4.20. The highest BCUT2D eigenvalue weighted by molar-refractivity contribution is 8.00. The lowest BCUT2D eigenvalue weighted by molar-refractivity contribution is -0.139. The molecule has 3 nitrogen and oxygen atoms in total. The molecule has 2 fully saturated rings. The molecule has 2 aliphatic rings. The van der Waals surface area contributed by atoms with Crippen molar-refractivity contribution >= 4 is 35.2 Å². The molecule has 0 radical (unpaired) electrons. The van der Waals surface area contributed by atoms with Crippen molar-refractivity contribution in [3.8, 4) is 0 Å². The van der Waals surface area contributed by atoms with Crippen molar-refractivity contribution in [2.24, 2.45) is 5.41 Å². The van der Waals surface area contributed by atoms with Gasteiger partial charge in [0.15, 0.2) is 0 Å². The molecule has 0 aromatic heterocycles. The summed E-state index contributed by atoms with van der Waals surface area (Å²) in [6, 6.07) is 7.41. The van der Waals surface area contributed by atoms with Crippen LogP contribution < -0.4 is 5.32 Å². The molecule has 5 heteroatoms. The van der Waals surface area contributed by atoms with Crippen LogP contribution in [-0.4, -0.2) is 22.8 Å². The van der Waals surface area contributed by atoms with Crippen LogP contribution in [0.15, 0.2) is 24.3 Å². The molecule has 0 aliphatic carbocycles. The molecule has 3 atom stereocenters. The van der Waals surface area contributed by atoms with Gasteiger partial charge in [-0.25, -0.2) is 0 Å². The van der Waals surface area contributed by atoms with Crippen LogP contribution in [0, 0.1) is 5.41 Å². The molecule has 2 amide bonds. The van der Waals surface area contributed by atoms with Crippen LogP contribution in [0.25, 0.3) is 0 Å². The summed E-state index contributed by atoms with van der Waals surface area (Å²) >= 11 is 7.78. The number of hydrogen-bond acceptors (Lipinski definition) is 3. The Labute approximate surface area is 127 Å². The summed E-state index contributed by atoms with van der Waals surface area (Å²) in [5.74, 6) is 0.295. The Bertz CT molecular complexity index is 559. The standard InChI is InChI=1S/C15H16ClNO2S/c1-9-6-15(8-20-9)7-12(18)17-14(19)13(15)10-2-4-11(16)5-3-10/h2-5,9,13H,6-8H2,1H3,(H,17,18,19). The van der Waals surface area contributed by atoms with E-state index < -0.39 is 0 Å². The Morgan fingerprint density at radius 2 is 2.00 bits per heavy atom. The van der Waals surface area contributed by atoms with Gasteiger partial charge in [0.25, 0.3) is 0 Å². The van der Waals surface area contributed by atoms with Gasteiger partial charge in [0.05, 0.1) is 5.92 Å². The van der Waals surface area contributed by atoms with Gasteiger partial charge in [-0.2, -0.15) is 11.8 Å². The summed E-state index contributed by atoms with van der Waals surface area (Å²) in [5, 5.41) is 3.63. The van der Waals surface area contributed by atoms with Gasteiger partial charge < -0.3 is 0 Å². The summed E-state index contributed by atoms with van der Waals surface area (Å²) < 4.78 is 0. The van der Waals surface area contributed by atoms with Gasteiger partial charge in [-0.15, -0.1) is 0 Å². The number of piperidine rings is 1. The monoisotopic (exact) mass is 309 g/mol. The predicted octanol–water partition coefficient (Wildman–Crippen LogP) is 2.98. The number of carbonyl (C=O) groups excluding carboxylic acids is 2. The molecule has 1 aromatic rings. The molecule has 20 heavy (non-hydrogen) atoms. The largest absolute Gasteiger partial charge is 0.296 e. The number of benzene rings is 1. The number of thioether (sulfide) groups is 1. The van der Waals surface area contributed by atoms with Crippen molar-refractivity contribution in [2.45, 2.75) is 30.9 Å². The minimum atomic E-state index is -0.255. The van der Waals surface area contributed by atoms with Crippen LogP contribution >= 0.6 is 23.4 Å². The Morgan fingerprint density at radius 1 is 1.30 bits per heavy atom. The van der Waals surface area contributed by atoms with E-state index in [9.17, 15) is 9.59 Å². The first-order valence-corrected chi connectivity index (χ1v) is 8.14. The first kappa shape index (κ1) is 14.0. The summed E-state index contributed by atoms with van der Waals surface area (Å²) in [4.78, 5) is 24.2. The van der Waals surface area contributed by atoms with Gasteiger partial charge in [-0.05, 0) is 24.1 Å². The van der Waals surface area contributed by atoms with E-state index in [1.165, 1.54) is 0 Å². The first-order chi connectivity index (χ1) is 9.50. The number of imide groups is 1. The first-order valence-electron chi connectivity index (χ1n) is 6.71. The van der Waals surface area contributed by atoms with Crippen molar-refractivity contribution in [2.75, 3.05) is 5.75 Å². The molecule has 0 saturated carbocycles. The molecule has 0 bridgehead atoms. The second-order valence-electron chi connectivity index (χ2n) is 5.76. The van der Waals surface area contributed by atoms with Crippen LogP contribution in [0.4, 0.5) is 0 Å². The zero-order valence-corrected chi connectivity index (χ0v) is 12.8. The van der Waals surface area contributed by atoms with E-state index >= 15 is 0 Å². The normalized spacial score (nSPS) is 33.5.